The summed E-state index contributed by atoms with van der Waals surface area (Å²) in [5, 5.41) is 0.692. The van der Waals surface area contributed by atoms with Gasteiger partial charge in [0.25, 0.3) is 5.56 Å². The van der Waals surface area contributed by atoms with Gasteiger partial charge in [0.2, 0.25) is 0 Å². The van der Waals surface area contributed by atoms with Gasteiger partial charge in [0, 0.05) is 51.5 Å². The number of hydrogen-bond donors (Lipinski definition) is 0. The van der Waals surface area contributed by atoms with Crippen molar-refractivity contribution in [1.29, 1.82) is 0 Å². The number of aromatic nitrogens is 2. The molecule has 6 nitrogen and oxygen atoms in total. The van der Waals surface area contributed by atoms with E-state index in [1.165, 1.54) is 42.6 Å². The minimum absolute atomic E-state index is 0.0166. The van der Waals surface area contributed by atoms with Crippen molar-refractivity contribution in [3.8, 4) is 0 Å². The standard InChI is InChI=1S/C20H29N5O/c1-22-8-4-3-5-17(22)14-24-9-11-25(12-10-24)16-6-7-18-19(13-16)21-15-23(2)20(18)26/h6-7,13,15,17H,3-5,8-12,14H2,1-2H3. The zero-order valence-electron chi connectivity index (χ0n) is 15.9. The Morgan fingerprint density at radius 3 is 2.65 bits per heavy atom. The van der Waals surface area contributed by atoms with Crippen LogP contribution in [-0.2, 0) is 7.05 Å². The summed E-state index contributed by atoms with van der Waals surface area (Å²) in [6.45, 7) is 6.71. The summed E-state index contributed by atoms with van der Waals surface area (Å²) in [6, 6.07) is 6.76. The largest absolute Gasteiger partial charge is 0.369 e. The molecule has 1 aromatic heterocycles. The Balaban J connectivity index is 1.41. The smallest absolute Gasteiger partial charge is 0.260 e. The Bertz CT molecular complexity index is 825. The number of hydrogen-bond acceptors (Lipinski definition) is 5. The minimum Gasteiger partial charge on any atom is -0.369 e. The second kappa shape index (κ2) is 7.37. The first-order valence-corrected chi connectivity index (χ1v) is 9.75. The average Bonchev–Trinajstić information content (AvgIpc) is 2.67. The molecule has 0 radical (unpaired) electrons. The Hall–Kier alpha value is -1.92. The zero-order valence-corrected chi connectivity index (χ0v) is 15.9. The number of piperazine rings is 1. The topological polar surface area (TPSA) is 44.6 Å². The summed E-state index contributed by atoms with van der Waals surface area (Å²) in [7, 11) is 4.01. The monoisotopic (exact) mass is 355 g/mol. The fourth-order valence-electron chi connectivity index (χ4n) is 4.26. The van der Waals surface area contributed by atoms with E-state index < -0.39 is 0 Å². The van der Waals surface area contributed by atoms with Crippen LogP contribution >= 0.6 is 0 Å². The maximum atomic E-state index is 12.2. The van der Waals surface area contributed by atoms with Crippen LogP contribution in [0, 0.1) is 0 Å². The van der Waals surface area contributed by atoms with E-state index in [-0.39, 0.29) is 5.56 Å². The molecule has 140 valence electrons. The quantitative estimate of drug-likeness (QED) is 0.836. The molecule has 1 unspecified atom stereocenters. The van der Waals surface area contributed by atoms with Crippen molar-refractivity contribution < 1.29 is 0 Å². The molecule has 2 aliphatic rings. The van der Waals surface area contributed by atoms with E-state index >= 15 is 0 Å². The Morgan fingerprint density at radius 2 is 1.88 bits per heavy atom. The highest BCUT2D eigenvalue weighted by Gasteiger charge is 2.24. The normalized spacial score (nSPS) is 22.8. The van der Waals surface area contributed by atoms with Crippen LogP contribution in [0.15, 0.2) is 29.3 Å². The third-order valence-electron chi connectivity index (χ3n) is 6.03. The van der Waals surface area contributed by atoms with Gasteiger partial charge >= 0.3 is 0 Å². The summed E-state index contributed by atoms with van der Waals surface area (Å²) >= 11 is 0. The second-order valence-corrected chi connectivity index (χ2v) is 7.78. The molecule has 1 atom stereocenters. The highest BCUT2D eigenvalue weighted by atomic mass is 16.1. The van der Waals surface area contributed by atoms with Gasteiger partial charge in [-0.1, -0.05) is 6.42 Å². The van der Waals surface area contributed by atoms with Crippen molar-refractivity contribution in [1.82, 2.24) is 19.4 Å². The van der Waals surface area contributed by atoms with Gasteiger partial charge < -0.3 is 14.4 Å². The molecule has 0 aliphatic carbocycles. The average molecular weight is 355 g/mol. The molecule has 0 N–H and O–H groups in total. The molecule has 1 aromatic carbocycles. The third-order valence-corrected chi connectivity index (χ3v) is 6.03. The van der Waals surface area contributed by atoms with Gasteiger partial charge in [0.15, 0.2) is 0 Å². The number of aryl methyl sites for hydroxylation is 1. The van der Waals surface area contributed by atoms with Gasteiger partial charge in [0.05, 0.1) is 17.2 Å². The van der Waals surface area contributed by atoms with E-state index in [0.29, 0.717) is 5.39 Å². The second-order valence-electron chi connectivity index (χ2n) is 7.78. The summed E-state index contributed by atoms with van der Waals surface area (Å²) in [5.41, 5.74) is 1.98. The van der Waals surface area contributed by atoms with E-state index in [0.717, 1.165) is 37.7 Å². The molecule has 3 heterocycles. The van der Waals surface area contributed by atoms with Crippen molar-refractivity contribution in [2.75, 3.05) is 51.2 Å². The van der Waals surface area contributed by atoms with E-state index in [1.54, 1.807) is 13.4 Å². The van der Waals surface area contributed by atoms with Crippen LogP contribution in [0.1, 0.15) is 19.3 Å². The van der Waals surface area contributed by atoms with Crippen molar-refractivity contribution in [3.63, 3.8) is 0 Å². The van der Waals surface area contributed by atoms with Crippen molar-refractivity contribution >= 4 is 16.6 Å². The highest BCUT2D eigenvalue weighted by Crippen LogP contribution is 2.21. The van der Waals surface area contributed by atoms with E-state index in [4.69, 9.17) is 0 Å². The highest BCUT2D eigenvalue weighted by molar-refractivity contribution is 5.81. The number of piperidine rings is 1. The lowest BCUT2D eigenvalue weighted by Crippen LogP contribution is -2.51. The van der Waals surface area contributed by atoms with E-state index in [1.807, 2.05) is 6.07 Å². The molecule has 0 bridgehead atoms. The number of fused-ring (bicyclic) bond motifs is 1. The molecule has 0 spiro atoms. The van der Waals surface area contributed by atoms with Crippen LogP contribution in [0.3, 0.4) is 0 Å². The maximum absolute atomic E-state index is 12.2. The lowest BCUT2D eigenvalue weighted by atomic mass is 10.0. The SMILES string of the molecule is CN1CCCCC1CN1CCN(c2ccc3c(=O)n(C)cnc3c2)CC1. The van der Waals surface area contributed by atoms with E-state index in [9.17, 15) is 4.79 Å². The molecule has 2 aliphatic heterocycles. The van der Waals surface area contributed by atoms with Gasteiger partial charge in [-0.2, -0.15) is 0 Å². The van der Waals surface area contributed by atoms with Gasteiger partial charge in [-0.25, -0.2) is 4.98 Å². The number of benzene rings is 1. The van der Waals surface area contributed by atoms with Crippen LogP contribution in [0.5, 0.6) is 0 Å². The Labute approximate surface area is 155 Å². The first-order chi connectivity index (χ1) is 12.6. The zero-order chi connectivity index (χ0) is 18.1. The number of likely N-dealkylation sites (N-methyl/N-ethyl adjacent to an activating group) is 1. The number of likely N-dealkylation sites (tertiary alicyclic amines) is 1. The van der Waals surface area contributed by atoms with Crippen molar-refractivity contribution in [2.24, 2.45) is 7.05 Å². The van der Waals surface area contributed by atoms with Crippen molar-refractivity contribution in [3.05, 3.63) is 34.9 Å². The summed E-state index contributed by atoms with van der Waals surface area (Å²) in [5.74, 6) is 0. The Kier molecular flexibility index (Phi) is 4.96. The number of anilines is 1. The fourth-order valence-corrected chi connectivity index (χ4v) is 4.26. The number of nitrogens with zero attached hydrogens (tertiary/aromatic N) is 5. The predicted octanol–water partition coefficient (Wildman–Crippen LogP) is 1.54. The molecule has 0 saturated carbocycles. The molecule has 2 fully saturated rings. The molecule has 0 amide bonds. The molecule has 2 saturated heterocycles. The predicted molar refractivity (Wildman–Crippen MR) is 106 cm³/mol. The molecule has 2 aromatic rings. The minimum atomic E-state index is 0.0166. The lowest BCUT2D eigenvalue weighted by molar-refractivity contribution is 0.125. The fraction of sp³-hybridized carbons (Fsp3) is 0.600. The van der Waals surface area contributed by atoms with Crippen molar-refractivity contribution in [2.45, 2.75) is 25.3 Å². The molecule has 26 heavy (non-hydrogen) atoms. The maximum Gasteiger partial charge on any atom is 0.260 e. The Morgan fingerprint density at radius 1 is 1.08 bits per heavy atom. The first kappa shape index (κ1) is 17.5. The van der Waals surface area contributed by atoms with Gasteiger partial charge in [-0.3, -0.25) is 9.69 Å². The van der Waals surface area contributed by atoms with Crippen LogP contribution < -0.4 is 10.5 Å². The third kappa shape index (κ3) is 3.48. The first-order valence-electron chi connectivity index (χ1n) is 9.75. The molecular weight excluding hydrogens is 326 g/mol. The van der Waals surface area contributed by atoms with Crippen LogP contribution in [-0.4, -0.2) is 71.7 Å². The van der Waals surface area contributed by atoms with Gasteiger partial charge in [-0.15, -0.1) is 0 Å². The number of rotatable bonds is 3. The van der Waals surface area contributed by atoms with E-state index in [2.05, 4.69) is 38.9 Å². The molecule has 6 heteroatoms. The van der Waals surface area contributed by atoms with Crippen LogP contribution in [0.4, 0.5) is 5.69 Å². The summed E-state index contributed by atoms with van der Waals surface area (Å²) in [4.78, 5) is 24.1. The summed E-state index contributed by atoms with van der Waals surface area (Å²) in [6.07, 6.45) is 5.66. The molecule has 4 rings (SSSR count). The van der Waals surface area contributed by atoms with Crippen LogP contribution in [0.2, 0.25) is 0 Å². The van der Waals surface area contributed by atoms with Crippen LogP contribution in [0.25, 0.3) is 10.9 Å². The molecular formula is C20H29N5O. The summed E-state index contributed by atoms with van der Waals surface area (Å²) < 4.78 is 1.53. The lowest BCUT2D eigenvalue weighted by Gasteiger charge is -2.40. The van der Waals surface area contributed by atoms with Gasteiger partial charge in [-0.05, 0) is 44.6 Å². The van der Waals surface area contributed by atoms with Gasteiger partial charge in [0.1, 0.15) is 0 Å².